The molecule has 4 aliphatic heterocycles. The summed E-state index contributed by atoms with van der Waals surface area (Å²) in [5.41, 5.74) is 6.39. The monoisotopic (exact) mass is 970 g/mol. The zero-order chi connectivity index (χ0) is 49.0. The van der Waals surface area contributed by atoms with Gasteiger partial charge in [-0.3, -0.25) is 0 Å². The molecule has 4 aromatic rings. The van der Waals surface area contributed by atoms with Crippen LogP contribution in [0.4, 0.5) is 11.4 Å². The molecule has 15 heteroatoms. The number of unbranched alkanes of at least 4 members (excludes halogenated alkanes) is 10. The number of benzene rings is 3. The Labute approximate surface area is 413 Å². The lowest BCUT2D eigenvalue weighted by Crippen LogP contribution is -2.64. The van der Waals surface area contributed by atoms with Crippen molar-refractivity contribution in [1.29, 1.82) is 0 Å². The van der Waals surface area contributed by atoms with Crippen molar-refractivity contribution in [2.75, 3.05) is 37.1 Å². The van der Waals surface area contributed by atoms with Crippen LogP contribution in [-0.2, 0) is 28.4 Å². The van der Waals surface area contributed by atoms with Crippen LogP contribution in [-0.4, -0.2) is 126 Å². The van der Waals surface area contributed by atoms with E-state index in [4.69, 9.17) is 42.9 Å². The van der Waals surface area contributed by atoms with Crippen molar-refractivity contribution in [2.24, 2.45) is 0 Å². The molecular weight excluding hydrogens is 895 g/mol. The molecule has 4 aliphatic rings. The molecule has 5 heterocycles. The Bertz CT molecular complexity index is 2100. The van der Waals surface area contributed by atoms with Gasteiger partial charge in [-0.05, 0) is 86.3 Å². The number of nitrogens with zero attached hydrogens (tertiary/aromatic N) is 1. The van der Waals surface area contributed by atoms with Crippen LogP contribution in [0.15, 0.2) is 78.9 Å². The SMILES string of the molecule is CCCCCCCCOc1ccc(-c2cc(-c3ccc(N[C@@H]4O[C@@H]5CO[C@H](C)O[C@H]5[C@H](O)[C@H]4O)cc3)nc(-c3ccc(N[C@@H]4O[C@@H]5CO[C@H](C)O[C@H]5[C@H](O)[C@H]4O)cc3)c2)cc1OCCCCCCCC. The molecule has 15 nitrogen and oxygen atoms in total. The molecular formula is C55H75N3O12. The van der Waals surface area contributed by atoms with Crippen molar-refractivity contribution in [3.63, 3.8) is 0 Å². The lowest BCUT2D eigenvalue weighted by atomic mass is 9.97. The maximum atomic E-state index is 11.0. The van der Waals surface area contributed by atoms with Gasteiger partial charge in [-0.2, -0.15) is 0 Å². The lowest BCUT2D eigenvalue weighted by Gasteiger charge is -2.46. The lowest BCUT2D eigenvalue weighted by molar-refractivity contribution is -0.317. The number of nitrogens with one attached hydrogen (secondary N) is 2. The molecule has 0 aliphatic carbocycles. The number of ether oxygens (including phenoxy) is 8. The topological polar surface area (TPSA) is 192 Å². The summed E-state index contributed by atoms with van der Waals surface area (Å²) in [4.78, 5) is 5.20. The number of pyridine rings is 1. The highest BCUT2D eigenvalue weighted by molar-refractivity contribution is 5.78. The summed E-state index contributed by atoms with van der Waals surface area (Å²) in [6.07, 6.45) is 4.06. The number of aliphatic hydroxyl groups is 4. The van der Waals surface area contributed by atoms with E-state index in [1.165, 1.54) is 51.4 Å². The Kier molecular flexibility index (Phi) is 18.8. The normalized spacial score (nSPS) is 28.6. The van der Waals surface area contributed by atoms with E-state index in [9.17, 15) is 20.4 Å². The molecule has 0 bridgehead atoms. The summed E-state index contributed by atoms with van der Waals surface area (Å²) in [6.45, 7) is 9.68. The van der Waals surface area contributed by atoms with Crippen molar-refractivity contribution in [3.05, 3.63) is 78.9 Å². The maximum Gasteiger partial charge on any atom is 0.161 e. The minimum atomic E-state index is -1.23. The van der Waals surface area contributed by atoms with E-state index < -0.39 is 73.9 Å². The number of hydrogen-bond acceptors (Lipinski definition) is 15. The van der Waals surface area contributed by atoms with Gasteiger partial charge in [-0.1, -0.05) is 108 Å². The number of aromatic nitrogens is 1. The Morgan fingerprint density at radius 3 is 1.39 bits per heavy atom. The van der Waals surface area contributed by atoms with Crippen molar-refractivity contribution >= 4 is 11.4 Å². The third kappa shape index (κ3) is 13.4. The fraction of sp³-hybridized carbons (Fsp3) is 0.582. The second-order valence-corrected chi connectivity index (χ2v) is 19.1. The first-order valence-electron chi connectivity index (χ1n) is 25.8. The van der Waals surface area contributed by atoms with Crippen LogP contribution in [0.5, 0.6) is 11.5 Å². The maximum absolute atomic E-state index is 11.0. The molecule has 0 radical (unpaired) electrons. The van der Waals surface area contributed by atoms with Crippen LogP contribution in [0.3, 0.4) is 0 Å². The number of fused-ring (bicyclic) bond motifs is 2. The van der Waals surface area contributed by atoms with E-state index in [1.54, 1.807) is 13.8 Å². The average molecular weight is 970 g/mol. The van der Waals surface area contributed by atoms with Gasteiger partial charge in [-0.15, -0.1) is 0 Å². The molecule has 6 N–H and O–H groups in total. The van der Waals surface area contributed by atoms with E-state index in [0.29, 0.717) is 24.6 Å². The smallest absolute Gasteiger partial charge is 0.161 e. The van der Waals surface area contributed by atoms with Gasteiger partial charge >= 0.3 is 0 Å². The van der Waals surface area contributed by atoms with Crippen molar-refractivity contribution in [3.8, 4) is 45.1 Å². The second-order valence-electron chi connectivity index (χ2n) is 19.1. The quantitative estimate of drug-likeness (QED) is 0.0386. The molecule has 0 amide bonds. The van der Waals surface area contributed by atoms with Gasteiger partial charge in [0.05, 0.1) is 37.8 Å². The van der Waals surface area contributed by atoms with Gasteiger partial charge < -0.3 is 69.0 Å². The molecule has 1 aromatic heterocycles. The Morgan fingerprint density at radius 2 is 0.914 bits per heavy atom. The van der Waals surface area contributed by atoms with Crippen LogP contribution in [0, 0.1) is 0 Å². The summed E-state index contributed by atoms with van der Waals surface area (Å²) in [5, 5.41) is 50.3. The first kappa shape index (κ1) is 51.9. The van der Waals surface area contributed by atoms with Crippen molar-refractivity contribution in [1.82, 2.24) is 4.98 Å². The minimum absolute atomic E-state index is 0.242. The molecule has 4 fully saturated rings. The zero-order valence-electron chi connectivity index (χ0n) is 41.2. The molecule has 4 saturated heterocycles. The van der Waals surface area contributed by atoms with Crippen molar-refractivity contribution < 1.29 is 58.3 Å². The molecule has 70 heavy (non-hydrogen) atoms. The van der Waals surface area contributed by atoms with Gasteiger partial charge in [0.15, 0.2) is 36.5 Å². The van der Waals surface area contributed by atoms with Gasteiger partial charge in [0.2, 0.25) is 0 Å². The highest BCUT2D eigenvalue weighted by Crippen LogP contribution is 2.38. The van der Waals surface area contributed by atoms with E-state index in [2.05, 4.69) is 48.7 Å². The zero-order valence-corrected chi connectivity index (χ0v) is 41.2. The predicted octanol–water partition coefficient (Wildman–Crippen LogP) is 8.80. The summed E-state index contributed by atoms with van der Waals surface area (Å²) in [7, 11) is 0. The van der Waals surface area contributed by atoms with Crippen LogP contribution in [0.25, 0.3) is 33.6 Å². The number of anilines is 2. The van der Waals surface area contributed by atoms with E-state index >= 15 is 0 Å². The van der Waals surface area contributed by atoms with Gasteiger partial charge in [0.1, 0.15) is 48.8 Å². The van der Waals surface area contributed by atoms with Gasteiger partial charge in [0.25, 0.3) is 0 Å². The molecule has 382 valence electrons. The molecule has 0 saturated carbocycles. The third-order valence-electron chi connectivity index (χ3n) is 13.6. The van der Waals surface area contributed by atoms with Crippen LogP contribution in [0.1, 0.15) is 105 Å². The first-order chi connectivity index (χ1) is 34.1. The van der Waals surface area contributed by atoms with Crippen LogP contribution >= 0.6 is 0 Å². The van der Waals surface area contributed by atoms with Gasteiger partial charge in [0, 0.05) is 22.5 Å². The van der Waals surface area contributed by atoms with Crippen LogP contribution < -0.4 is 20.1 Å². The second kappa shape index (κ2) is 25.3. The molecule has 0 unspecified atom stereocenters. The fourth-order valence-electron chi connectivity index (χ4n) is 9.55. The molecule has 0 spiro atoms. The Hall–Kier alpha value is -4.39. The van der Waals surface area contributed by atoms with E-state index in [1.807, 2.05) is 54.6 Å². The highest BCUT2D eigenvalue weighted by atomic mass is 16.7. The van der Waals surface area contributed by atoms with Gasteiger partial charge in [-0.25, -0.2) is 4.98 Å². The summed E-state index contributed by atoms with van der Waals surface area (Å²) in [6, 6.07) is 25.7. The highest BCUT2D eigenvalue weighted by Gasteiger charge is 2.49. The number of aliphatic hydroxyl groups excluding tert-OH is 4. The van der Waals surface area contributed by atoms with E-state index in [0.717, 1.165) is 70.8 Å². The summed E-state index contributed by atoms with van der Waals surface area (Å²) in [5.74, 6) is 1.46. The molecule has 12 atom stereocenters. The number of hydrogen-bond donors (Lipinski definition) is 6. The largest absolute Gasteiger partial charge is 0.490 e. The Morgan fingerprint density at radius 1 is 0.486 bits per heavy atom. The minimum Gasteiger partial charge on any atom is -0.490 e. The summed E-state index contributed by atoms with van der Waals surface area (Å²) < 4.78 is 47.8. The Balaban J connectivity index is 1.05. The third-order valence-corrected chi connectivity index (χ3v) is 13.6. The molecule has 3 aromatic carbocycles. The fourth-order valence-corrected chi connectivity index (χ4v) is 9.55. The number of rotatable bonds is 23. The average Bonchev–Trinajstić information content (AvgIpc) is 3.37. The molecule has 8 rings (SSSR count). The first-order valence-corrected chi connectivity index (χ1v) is 25.8. The predicted molar refractivity (Wildman–Crippen MR) is 267 cm³/mol. The summed E-state index contributed by atoms with van der Waals surface area (Å²) >= 11 is 0. The standard InChI is InChI=1S/C55H75N3O12/c1-5-7-9-11-13-15-27-63-44-26-21-38(31-45(44)64-28-16-14-12-10-8-6-2)39-29-42(36-17-22-40(23-18-36)56-54-50(61)48(59)52-46(69-54)32-65-34(3)67-52)58-43(30-39)37-19-24-41(25-20-37)57-55-51(62)49(60)53-47(70-55)33-66-35(4)68-53/h17-26,29-31,34-35,46-57,59-62H,5-16,27-28,32-33H2,1-4H3/t34-,35-,46+,47+,48+,49+,50+,51+,52+,53+,54+,55+/m0/s1. The van der Waals surface area contributed by atoms with Crippen molar-refractivity contribution in [2.45, 2.75) is 179 Å². The van der Waals surface area contributed by atoms with E-state index in [-0.39, 0.29) is 13.2 Å². The van der Waals surface area contributed by atoms with Crippen LogP contribution in [0.2, 0.25) is 0 Å².